The van der Waals surface area contributed by atoms with E-state index >= 15 is 0 Å². The Morgan fingerprint density at radius 3 is 2.67 bits per heavy atom. The summed E-state index contributed by atoms with van der Waals surface area (Å²) >= 11 is 5.48. The zero-order valence-electron chi connectivity index (χ0n) is 11.5. The van der Waals surface area contributed by atoms with Crippen LogP contribution in [0.1, 0.15) is 36.8 Å². The van der Waals surface area contributed by atoms with Gasteiger partial charge < -0.3 is 5.32 Å². The largest absolute Gasteiger partial charge is 0.313 e. The second-order valence-electron chi connectivity index (χ2n) is 4.67. The molecule has 0 radical (unpaired) electrons. The average Bonchev–Trinajstić information content (AvgIpc) is 2.37. The van der Waals surface area contributed by atoms with Crippen LogP contribution in [0.3, 0.4) is 0 Å². The van der Waals surface area contributed by atoms with Crippen LogP contribution in [0, 0.1) is 6.92 Å². The zero-order chi connectivity index (χ0) is 13.2. The molecule has 1 N–H and O–H groups in total. The maximum Gasteiger partial charge on any atom is 0.0205 e. The first-order chi connectivity index (χ1) is 8.74. The molecule has 0 saturated carbocycles. The molecule has 0 aliphatic heterocycles. The molecule has 1 rings (SSSR count). The molecule has 1 aromatic carbocycles. The van der Waals surface area contributed by atoms with E-state index in [1.54, 1.807) is 0 Å². The third-order valence-corrected chi connectivity index (χ3v) is 4.59. The molecule has 0 bridgehead atoms. The second kappa shape index (κ2) is 9.88. The molecule has 18 heavy (non-hydrogen) atoms. The highest BCUT2D eigenvalue weighted by Crippen LogP contribution is 2.16. The third-order valence-electron chi connectivity index (χ3n) is 3.00. The number of thioether (sulfide) groups is 1. The molecule has 1 nitrogen and oxygen atoms in total. The first-order valence-corrected chi connectivity index (χ1v) is 8.87. The van der Waals surface area contributed by atoms with E-state index in [-0.39, 0.29) is 0 Å². The van der Waals surface area contributed by atoms with Crippen molar-refractivity contribution in [3.8, 4) is 0 Å². The monoisotopic (exact) mass is 329 g/mol. The fourth-order valence-electron chi connectivity index (χ4n) is 1.90. The number of nitrogens with one attached hydrogen (secondary N) is 1. The van der Waals surface area contributed by atoms with Crippen molar-refractivity contribution in [1.29, 1.82) is 0 Å². The first-order valence-electron chi connectivity index (χ1n) is 6.68. The fourth-order valence-corrected chi connectivity index (χ4v) is 2.64. The number of halogens is 1. The van der Waals surface area contributed by atoms with Crippen LogP contribution in [-0.4, -0.2) is 18.6 Å². The summed E-state index contributed by atoms with van der Waals surface area (Å²) in [5.74, 6) is 1.31. The first kappa shape index (κ1) is 16.1. The van der Waals surface area contributed by atoms with Crippen LogP contribution < -0.4 is 5.32 Å². The van der Waals surface area contributed by atoms with Crippen LogP contribution in [0.4, 0.5) is 0 Å². The van der Waals surface area contributed by atoms with E-state index in [0.29, 0.717) is 0 Å². The molecule has 0 amide bonds. The molecular weight excluding hydrogens is 306 g/mol. The van der Waals surface area contributed by atoms with Crippen LogP contribution >= 0.6 is 27.7 Å². The molecule has 0 unspecified atom stereocenters. The summed E-state index contributed by atoms with van der Waals surface area (Å²) < 4.78 is 1.19. The van der Waals surface area contributed by atoms with Crippen molar-refractivity contribution in [2.75, 3.05) is 18.6 Å². The number of unbranched alkanes of at least 4 members (excludes halogenated alkanes) is 3. The summed E-state index contributed by atoms with van der Waals surface area (Å²) in [5.41, 5.74) is 2.68. The number of benzene rings is 1. The van der Waals surface area contributed by atoms with Gasteiger partial charge in [0.1, 0.15) is 0 Å². The van der Waals surface area contributed by atoms with Gasteiger partial charge in [0.2, 0.25) is 0 Å². The Labute approximate surface area is 124 Å². The minimum atomic E-state index is 0.985. The quantitative estimate of drug-likeness (QED) is 0.655. The third kappa shape index (κ3) is 6.81. The van der Waals surface area contributed by atoms with Gasteiger partial charge in [0.15, 0.2) is 0 Å². The van der Waals surface area contributed by atoms with Gasteiger partial charge in [0, 0.05) is 11.0 Å². The van der Waals surface area contributed by atoms with Crippen molar-refractivity contribution in [2.45, 2.75) is 39.2 Å². The summed E-state index contributed by atoms with van der Waals surface area (Å²) in [7, 11) is 0. The predicted molar refractivity (Wildman–Crippen MR) is 87.4 cm³/mol. The van der Waals surface area contributed by atoms with Crippen LogP contribution in [-0.2, 0) is 6.54 Å². The molecule has 0 aliphatic carbocycles. The molecular formula is C15H24BrNS. The molecule has 1 aromatic rings. The predicted octanol–water partition coefficient (Wildman–Crippen LogP) is 4.77. The Hall–Kier alpha value is 0.01000. The molecule has 0 heterocycles. The topological polar surface area (TPSA) is 12.0 Å². The van der Waals surface area contributed by atoms with Gasteiger partial charge in [0.25, 0.3) is 0 Å². The van der Waals surface area contributed by atoms with Gasteiger partial charge in [-0.2, -0.15) is 11.8 Å². The lowest BCUT2D eigenvalue weighted by Gasteiger charge is -2.06. The van der Waals surface area contributed by atoms with Gasteiger partial charge in [-0.1, -0.05) is 40.9 Å². The Balaban J connectivity index is 2.05. The normalized spacial score (nSPS) is 10.8. The van der Waals surface area contributed by atoms with Gasteiger partial charge in [-0.15, -0.1) is 0 Å². The Kier molecular flexibility index (Phi) is 8.82. The van der Waals surface area contributed by atoms with Gasteiger partial charge >= 0.3 is 0 Å². The molecule has 0 aliphatic rings. The van der Waals surface area contributed by atoms with Crippen molar-refractivity contribution in [1.82, 2.24) is 5.32 Å². The lowest BCUT2D eigenvalue weighted by Crippen LogP contribution is -2.14. The summed E-state index contributed by atoms with van der Waals surface area (Å²) in [5, 5.41) is 3.52. The van der Waals surface area contributed by atoms with E-state index < -0.39 is 0 Å². The number of hydrogen-bond acceptors (Lipinski definition) is 2. The summed E-state index contributed by atoms with van der Waals surface area (Å²) in [4.78, 5) is 0. The van der Waals surface area contributed by atoms with Crippen molar-refractivity contribution in [3.05, 3.63) is 33.8 Å². The van der Waals surface area contributed by atoms with Gasteiger partial charge in [-0.25, -0.2) is 0 Å². The van der Waals surface area contributed by atoms with Gasteiger partial charge in [-0.05, 0) is 55.5 Å². The molecule has 0 fully saturated rings. The second-order valence-corrected chi connectivity index (χ2v) is 6.51. The van der Waals surface area contributed by atoms with E-state index in [4.69, 9.17) is 0 Å². The highest BCUT2D eigenvalue weighted by molar-refractivity contribution is 9.10. The lowest BCUT2D eigenvalue weighted by atomic mass is 10.1. The van der Waals surface area contributed by atoms with Crippen LogP contribution in [0.5, 0.6) is 0 Å². The lowest BCUT2D eigenvalue weighted by molar-refractivity contribution is 0.599. The molecule has 0 spiro atoms. The van der Waals surface area contributed by atoms with Crippen molar-refractivity contribution in [3.63, 3.8) is 0 Å². The molecule has 0 saturated heterocycles. The smallest absolute Gasteiger partial charge is 0.0205 e. The SMILES string of the molecule is CSCCCCCCNCc1ccc(Br)c(C)c1. The number of aryl methyl sites for hydroxylation is 1. The molecule has 0 aromatic heterocycles. The summed E-state index contributed by atoms with van der Waals surface area (Å²) in [6.45, 7) is 4.26. The van der Waals surface area contributed by atoms with E-state index in [1.165, 1.54) is 47.0 Å². The maximum absolute atomic E-state index is 3.53. The standard InChI is InChI=1S/C15H24BrNS/c1-13-11-14(7-8-15(13)16)12-17-9-5-3-4-6-10-18-2/h7-8,11,17H,3-6,9-10,12H2,1-2H3. The Morgan fingerprint density at radius 1 is 1.17 bits per heavy atom. The molecule has 0 atom stereocenters. The summed E-state index contributed by atoms with van der Waals surface area (Å²) in [6.07, 6.45) is 7.57. The minimum Gasteiger partial charge on any atom is -0.313 e. The number of rotatable bonds is 9. The van der Waals surface area contributed by atoms with E-state index in [1.807, 2.05) is 11.8 Å². The minimum absolute atomic E-state index is 0.985. The average molecular weight is 330 g/mol. The highest BCUT2D eigenvalue weighted by atomic mass is 79.9. The number of hydrogen-bond donors (Lipinski definition) is 1. The fraction of sp³-hybridized carbons (Fsp3) is 0.600. The van der Waals surface area contributed by atoms with E-state index in [9.17, 15) is 0 Å². The van der Waals surface area contributed by atoms with Crippen LogP contribution in [0.25, 0.3) is 0 Å². The zero-order valence-corrected chi connectivity index (χ0v) is 13.9. The highest BCUT2D eigenvalue weighted by Gasteiger charge is 1.97. The Morgan fingerprint density at radius 2 is 1.94 bits per heavy atom. The Bertz CT molecular complexity index is 341. The van der Waals surface area contributed by atoms with E-state index in [0.717, 1.165) is 13.1 Å². The van der Waals surface area contributed by atoms with Crippen molar-refractivity contribution < 1.29 is 0 Å². The molecule has 102 valence electrons. The maximum atomic E-state index is 3.53. The van der Waals surface area contributed by atoms with Gasteiger partial charge in [-0.3, -0.25) is 0 Å². The van der Waals surface area contributed by atoms with Crippen molar-refractivity contribution >= 4 is 27.7 Å². The summed E-state index contributed by atoms with van der Waals surface area (Å²) in [6, 6.07) is 6.56. The molecule has 3 heteroatoms. The van der Waals surface area contributed by atoms with Gasteiger partial charge in [0.05, 0.1) is 0 Å². The van der Waals surface area contributed by atoms with Crippen LogP contribution in [0.2, 0.25) is 0 Å². The van der Waals surface area contributed by atoms with E-state index in [2.05, 4.69) is 52.6 Å². The van der Waals surface area contributed by atoms with Crippen molar-refractivity contribution in [2.24, 2.45) is 0 Å². The van der Waals surface area contributed by atoms with Crippen LogP contribution in [0.15, 0.2) is 22.7 Å².